The molecule has 8 heteroatoms. The quantitative estimate of drug-likeness (QED) is 0.572. The highest BCUT2D eigenvalue weighted by molar-refractivity contribution is 5.88. The van der Waals surface area contributed by atoms with E-state index < -0.39 is 0 Å². The second-order valence-electron chi connectivity index (χ2n) is 5.75. The molecular weight excluding hydrogens is 330 g/mol. The zero-order valence-corrected chi connectivity index (χ0v) is 13.8. The zero-order valence-electron chi connectivity index (χ0n) is 13.8. The molecule has 0 bridgehead atoms. The van der Waals surface area contributed by atoms with Crippen LogP contribution < -0.4 is 11.3 Å². The molecule has 126 valence electrons. The van der Waals surface area contributed by atoms with Crippen molar-refractivity contribution in [2.45, 2.75) is 0 Å². The van der Waals surface area contributed by atoms with E-state index in [2.05, 4.69) is 20.1 Å². The number of nitrogens with zero attached hydrogens (tertiary/aromatic N) is 5. The Morgan fingerprint density at radius 1 is 1.19 bits per heavy atom. The van der Waals surface area contributed by atoms with Gasteiger partial charge in [0.15, 0.2) is 11.5 Å². The second kappa shape index (κ2) is 5.82. The first kappa shape index (κ1) is 15.5. The van der Waals surface area contributed by atoms with Gasteiger partial charge in [0, 0.05) is 30.4 Å². The Morgan fingerprint density at radius 3 is 2.77 bits per heavy atom. The number of aryl methyl sites for hydroxylation is 1. The Balaban J connectivity index is 2.01. The lowest BCUT2D eigenvalue weighted by molar-refractivity contribution is 0.770. The van der Waals surface area contributed by atoms with Crippen molar-refractivity contribution in [1.29, 1.82) is 5.26 Å². The van der Waals surface area contributed by atoms with Gasteiger partial charge in [-0.15, -0.1) is 0 Å². The number of anilines is 1. The predicted molar refractivity (Wildman–Crippen MR) is 96.9 cm³/mol. The summed E-state index contributed by atoms with van der Waals surface area (Å²) >= 11 is 0. The molecule has 1 aromatic carbocycles. The minimum atomic E-state index is -0.167. The summed E-state index contributed by atoms with van der Waals surface area (Å²) in [5.74, 6) is 0.0501. The van der Waals surface area contributed by atoms with E-state index in [-0.39, 0.29) is 17.1 Å². The van der Waals surface area contributed by atoms with E-state index in [4.69, 9.17) is 5.73 Å². The minimum Gasteiger partial charge on any atom is -0.381 e. The molecule has 26 heavy (non-hydrogen) atoms. The molecule has 3 N–H and O–H groups in total. The molecule has 0 aliphatic carbocycles. The Hall–Kier alpha value is -3.99. The SMILES string of the molecule is Cn1ccc(-c2nc(N)c(C#N)nc2-c2ccc3c(=O)[nH]ccc3c2)n1. The van der Waals surface area contributed by atoms with Crippen LogP contribution in [0.25, 0.3) is 33.4 Å². The van der Waals surface area contributed by atoms with E-state index >= 15 is 0 Å². The number of pyridine rings is 1. The van der Waals surface area contributed by atoms with Crippen molar-refractivity contribution in [2.75, 3.05) is 5.73 Å². The molecule has 8 nitrogen and oxygen atoms in total. The Morgan fingerprint density at radius 2 is 2.04 bits per heavy atom. The highest BCUT2D eigenvalue weighted by atomic mass is 16.1. The third kappa shape index (κ3) is 2.48. The molecule has 0 spiro atoms. The van der Waals surface area contributed by atoms with E-state index in [0.29, 0.717) is 28.0 Å². The lowest BCUT2D eigenvalue weighted by Crippen LogP contribution is -2.05. The van der Waals surface area contributed by atoms with Gasteiger partial charge in [-0.05, 0) is 29.7 Å². The number of H-pyrrole nitrogens is 1. The van der Waals surface area contributed by atoms with Crippen LogP contribution >= 0.6 is 0 Å². The van der Waals surface area contributed by atoms with Crippen LogP contribution in [-0.2, 0) is 7.05 Å². The highest BCUT2D eigenvalue weighted by Crippen LogP contribution is 2.31. The fourth-order valence-corrected chi connectivity index (χ4v) is 2.79. The monoisotopic (exact) mass is 343 g/mol. The number of nitrogen functional groups attached to an aromatic ring is 1. The summed E-state index contributed by atoms with van der Waals surface area (Å²) < 4.78 is 1.65. The molecule has 4 aromatic rings. The Labute approximate surface area is 147 Å². The predicted octanol–water partition coefficient (Wildman–Crippen LogP) is 1.84. The van der Waals surface area contributed by atoms with Gasteiger partial charge in [0.05, 0.1) is 5.69 Å². The molecule has 0 fully saturated rings. The van der Waals surface area contributed by atoms with Crippen molar-refractivity contribution < 1.29 is 0 Å². The molecule has 3 heterocycles. The summed E-state index contributed by atoms with van der Waals surface area (Å²) in [6, 6.07) is 10.9. The van der Waals surface area contributed by atoms with Crippen LogP contribution in [0.4, 0.5) is 5.82 Å². The summed E-state index contributed by atoms with van der Waals surface area (Å²) in [5, 5.41) is 15.0. The van der Waals surface area contributed by atoms with Crippen molar-refractivity contribution in [3.05, 3.63) is 58.8 Å². The first-order chi connectivity index (χ1) is 12.6. The fourth-order valence-electron chi connectivity index (χ4n) is 2.79. The number of fused-ring (bicyclic) bond motifs is 1. The van der Waals surface area contributed by atoms with E-state index in [1.807, 2.05) is 12.1 Å². The van der Waals surface area contributed by atoms with Crippen LogP contribution in [0.2, 0.25) is 0 Å². The van der Waals surface area contributed by atoms with Crippen LogP contribution in [0.1, 0.15) is 5.69 Å². The Bertz CT molecular complexity index is 1250. The molecular formula is C18H13N7O. The van der Waals surface area contributed by atoms with Crippen molar-refractivity contribution in [3.63, 3.8) is 0 Å². The number of benzene rings is 1. The normalized spacial score (nSPS) is 10.8. The number of nitrogens with two attached hydrogens (primary N) is 1. The van der Waals surface area contributed by atoms with Crippen LogP contribution in [0.15, 0.2) is 47.5 Å². The maximum absolute atomic E-state index is 11.9. The molecule has 0 radical (unpaired) electrons. The average molecular weight is 343 g/mol. The number of aromatic amines is 1. The summed E-state index contributed by atoms with van der Waals surface area (Å²) in [4.78, 5) is 23.3. The van der Waals surface area contributed by atoms with Gasteiger partial charge in [0.1, 0.15) is 17.5 Å². The molecule has 4 rings (SSSR count). The molecule has 0 aliphatic rings. The first-order valence-electron chi connectivity index (χ1n) is 7.76. The lowest BCUT2D eigenvalue weighted by Gasteiger charge is -2.09. The van der Waals surface area contributed by atoms with E-state index in [1.54, 1.807) is 48.4 Å². The lowest BCUT2D eigenvalue weighted by atomic mass is 10.0. The number of nitriles is 1. The van der Waals surface area contributed by atoms with Gasteiger partial charge >= 0.3 is 0 Å². The van der Waals surface area contributed by atoms with Crippen molar-refractivity contribution in [1.82, 2.24) is 24.7 Å². The molecule has 0 saturated heterocycles. The topological polar surface area (TPSA) is 126 Å². The number of hydrogen-bond acceptors (Lipinski definition) is 6. The largest absolute Gasteiger partial charge is 0.381 e. The molecule has 0 unspecified atom stereocenters. The molecule has 0 aliphatic heterocycles. The standard InChI is InChI=1S/C18H13N7O/c1-25-7-5-13(24-25)16-15(22-14(9-19)17(20)23-16)11-2-3-12-10(8-11)4-6-21-18(12)26/h2-8H,1H3,(H2,20,23)(H,21,26). The third-order valence-corrected chi connectivity index (χ3v) is 4.03. The number of aromatic nitrogens is 5. The van der Waals surface area contributed by atoms with Crippen LogP contribution in [0, 0.1) is 11.3 Å². The van der Waals surface area contributed by atoms with Crippen LogP contribution in [0.3, 0.4) is 0 Å². The maximum atomic E-state index is 11.9. The van der Waals surface area contributed by atoms with E-state index in [1.165, 1.54) is 0 Å². The summed E-state index contributed by atoms with van der Waals surface area (Å²) in [6.07, 6.45) is 3.37. The molecule has 0 atom stereocenters. The van der Waals surface area contributed by atoms with Gasteiger partial charge in [0.2, 0.25) is 0 Å². The van der Waals surface area contributed by atoms with Crippen molar-refractivity contribution >= 4 is 16.6 Å². The van der Waals surface area contributed by atoms with Gasteiger partial charge in [-0.1, -0.05) is 6.07 Å². The van der Waals surface area contributed by atoms with Crippen LogP contribution in [0.5, 0.6) is 0 Å². The van der Waals surface area contributed by atoms with E-state index in [9.17, 15) is 10.1 Å². The van der Waals surface area contributed by atoms with Crippen molar-refractivity contribution in [3.8, 4) is 28.7 Å². The summed E-state index contributed by atoms with van der Waals surface area (Å²) in [5.41, 5.74) is 8.01. The van der Waals surface area contributed by atoms with Gasteiger partial charge < -0.3 is 10.7 Å². The van der Waals surface area contributed by atoms with Gasteiger partial charge in [-0.2, -0.15) is 10.4 Å². The molecule has 0 amide bonds. The van der Waals surface area contributed by atoms with E-state index in [0.717, 1.165) is 5.39 Å². The number of hydrogen-bond donors (Lipinski definition) is 2. The third-order valence-electron chi connectivity index (χ3n) is 4.03. The minimum absolute atomic E-state index is 0.0469. The average Bonchev–Trinajstić information content (AvgIpc) is 3.07. The molecule has 0 saturated carbocycles. The van der Waals surface area contributed by atoms with Crippen LogP contribution in [-0.4, -0.2) is 24.7 Å². The smallest absolute Gasteiger partial charge is 0.255 e. The number of nitrogens with one attached hydrogen (secondary N) is 1. The van der Waals surface area contributed by atoms with Crippen molar-refractivity contribution in [2.24, 2.45) is 7.05 Å². The second-order valence-corrected chi connectivity index (χ2v) is 5.75. The highest BCUT2D eigenvalue weighted by Gasteiger charge is 2.17. The molecule has 3 aromatic heterocycles. The Kier molecular flexibility index (Phi) is 3.48. The zero-order chi connectivity index (χ0) is 18.3. The summed E-state index contributed by atoms with van der Waals surface area (Å²) in [7, 11) is 1.80. The van der Waals surface area contributed by atoms with Gasteiger partial charge in [0.25, 0.3) is 5.56 Å². The van der Waals surface area contributed by atoms with Gasteiger partial charge in [-0.25, -0.2) is 9.97 Å². The number of rotatable bonds is 2. The fraction of sp³-hybridized carbons (Fsp3) is 0.0556. The summed E-state index contributed by atoms with van der Waals surface area (Å²) in [6.45, 7) is 0. The van der Waals surface area contributed by atoms with Gasteiger partial charge in [-0.3, -0.25) is 9.48 Å². The maximum Gasteiger partial charge on any atom is 0.255 e. The first-order valence-corrected chi connectivity index (χ1v) is 7.76.